The van der Waals surface area contributed by atoms with Crippen LogP contribution < -0.4 is 0 Å². The summed E-state index contributed by atoms with van der Waals surface area (Å²) >= 11 is 0.762. The molecule has 0 saturated carbocycles. The molecule has 1 heterocycles. The number of thiazole rings is 1. The molecular formula is C17H12F3NO2S2. The van der Waals surface area contributed by atoms with E-state index < -0.39 is 27.1 Å². The summed E-state index contributed by atoms with van der Waals surface area (Å²) in [5.74, 6) is -0.458. The Hall–Kier alpha value is -2.19. The minimum atomic E-state index is -3.58. The fourth-order valence-corrected chi connectivity index (χ4v) is 4.23. The van der Waals surface area contributed by atoms with Crippen LogP contribution in [0.2, 0.25) is 0 Å². The Balaban J connectivity index is 2.28. The van der Waals surface area contributed by atoms with E-state index in [4.69, 9.17) is 0 Å². The molecule has 3 nitrogen and oxygen atoms in total. The van der Waals surface area contributed by atoms with Crippen LogP contribution in [0.4, 0.5) is 13.2 Å². The van der Waals surface area contributed by atoms with Crippen LogP contribution >= 0.6 is 11.3 Å². The van der Waals surface area contributed by atoms with Gasteiger partial charge in [-0.25, -0.2) is 26.6 Å². The molecule has 2 aromatic carbocycles. The predicted octanol–water partition coefficient (Wildman–Crippen LogP) is 4.96. The van der Waals surface area contributed by atoms with Gasteiger partial charge < -0.3 is 0 Å². The molecule has 0 bridgehead atoms. The molecule has 0 atom stereocenters. The molecule has 0 N–H and O–H groups in total. The second kappa shape index (κ2) is 6.61. The Labute approximate surface area is 146 Å². The molecule has 25 heavy (non-hydrogen) atoms. The number of benzene rings is 2. The standard InChI is InChI=1S/C17H12F3NO2S2/c1-25(22,23)13-5-3-2-4-12(13)14-15(24-17(21-14)16(19)20)10-6-8-11(18)9-7-10/h2-9,16H,1H3. The summed E-state index contributed by atoms with van der Waals surface area (Å²) in [6, 6.07) is 11.4. The molecule has 0 aliphatic heterocycles. The van der Waals surface area contributed by atoms with Crippen LogP contribution in [0, 0.1) is 5.82 Å². The van der Waals surface area contributed by atoms with Gasteiger partial charge in [-0.15, -0.1) is 11.3 Å². The number of hydrogen-bond acceptors (Lipinski definition) is 4. The maximum absolute atomic E-state index is 13.2. The second-order valence-electron chi connectivity index (χ2n) is 5.31. The van der Waals surface area contributed by atoms with E-state index in [0.29, 0.717) is 10.4 Å². The van der Waals surface area contributed by atoms with E-state index in [1.54, 1.807) is 12.1 Å². The van der Waals surface area contributed by atoms with Gasteiger partial charge >= 0.3 is 0 Å². The molecule has 8 heteroatoms. The van der Waals surface area contributed by atoms with Crippen molar-refractivity contribution in [3.05, 3.63) is 59.4 Å². The van der Waals surface area contributed by atoms with Crippen LogP contribution in [0.1, 0.15) is 11.4 Å². The average molecular weight is 383 g/mol. The topological polar surface area (TPSA) is 47.0 Å². The molecule has 0 fully saturated rings. The Morgan fingerprint density at radius 2 is 1.68 bits per heavy atom. The van der Waals surface area contributed by atoms with Crippen molar-refractivity contribution in [2.45, 2.75) is 11.3 Å². The first-order valence-electron chi connectivity index (χ1n) is 7.11. The zero-order chi connectivity index (χ0) is 18.2. The zero-order valence-electron chi connectivity index (χ0n) is 12.9. The van der Waals surface area contributed by atoms with Crippen molar-refractivity contribution in [3.63, 3.8) is 0 Å². The number of rotatable bonds is 4. The van der Waals surface area contributed by atoms with Gasteiger partial charge in [0, 0.05) is 11.8 Å². The van der Waals surface area contributed by atoms with Gasteiger partial charge in [-0.3, -0.25) is 0 Å². The lowest BCUT2D eigenvalue weighted by molar-refractivity contribution is 0.151. The first-order chi connectivity index (χ1) is 11.8. The highest BCUT2D eigenvalue weighted by Crippen LogP contribution is 2.41. The van der Waals surface area contributed by atoms with Crippen molar-refractivity contribution in [2.24, 2.45) is 0 Å². The fourth-order valence-electron chi connectivity index (χ4n) is 2.40. The molecule has 0 aliphatic carbocycles. The minimum absolute atomic E-state index is 0.00415. The third-order valence-electron chi connectivity index (χ3n) is 3.48. The highest BCUT2D eigenvalue weighted by Gasteiger charge is 2.24. The van der Waals surface area contributed by atoms with Crippen molar-refractivity contribution in [1.29, 1.82) is 0 Å². The molecule has 0 saturated heterocycles. The van der Waals surface area contributed by atoms with E-state index in [1.807, 2.05) is 0 Å². The smallest absolute Gasteiger partial charge is 0.234 e. The maximum Gasteiger partial charge on any atom is 0.289 e. The Kier molecular flexibility index (Phi) is 4.66. The van der Waals surface area contributed by atoms with Gasteiger partial charge in [-0.2, -0.15) is 0 Å². The van der Waals surface area contributed by atoms with Gasteiger partial charge in [0.2, 0.25) is 0 Å². The number of aromatic nitrogens is 1. The second-order valence-corrected chi connectivity index (χ2v) is 8.32. The van der Waals surface area contributed by atoms with E-state index >= 15 is 0 Å². The summed E-state index contributed by atoms with van der Waals surface area (Å²) in [7, 11) is -3.58. The molecule has 0 radical (unpaired) electrons. The minimum Gasteiger partial charge on any atom is -0.234 e. The maximum atomic E-state index is 13.2. The average Bonchev–Trinajstić information content (AvgIpc) is 3.00. The van der Waals surface area contributed by atoms with Crippen LogP contribution in [0.3, 0.4) is 0 Å². The molecule has 1 aromatic heterocycles. The summed E-state index contributed by atoms with van der Waals surface area (Å²) in [5, 5.41) is -0.419. The predicted molar refractivity (Wildman–Crippen MR) is 91.0 cm³/mol. The van der Waals surface area contributed by atoms with E-state index in [9.17, 15) is 21.6 Å². The van der Waals surface area contributed by atoms with Crippen LogP contribution in [0.5, 0.6) is 0 Å². The number of sulfone groups is 1. The van der Waals surface area contributed by atoms with Crippen molar-refractivity contribution < 1.29 is 21.6 Å². The first-order valence-corrected chi connectivity index (χ1v) is 9.82. The molecule has 3 aromatic rings. The fraction of sp³-hybridized carbons (Fsp3) is 0.118. The lowest BCUT2D eigenvalue weighted by atomic mass is 10.1. The summed E-state index contributed by atoms with van der Waals surface area (Å²) in [6.45, 7) is 0. The van der Waals surface area contributed by atoms with Gasteiger partial charge in [0.15, 0.2) is 14.8 Å². The van der Waals surface area contributed by atoms with Gasteiger partial charge in [0.1, 0.15) is 5.82 Å². The molecule has 0 amide bonds. The third kappa shape index (κ3) is 3.59. The Morgan fingerprint density at radius 3 is 2.28 bits per heavy atom. The quantitative estimate of drug-likeness (QED) is 0.640. The van der Waals surface area contributed by atoms with E-state index in [1.165, 1.54) is 36.4 Å². The monoisotopic (exact) mass is 383 g/mol. The van der Waals surface area contributed by atoms with Crippen LogP contribution in [0.25, 0.3) is 21.7 Å². The van der Waals surface area contributed by atoms with E-state index in [0.717, 1.165) is 17.6 Å². The van der Waals surface area contributed by atoms with Crippen LogP contribution in [0.15, 0.2) is 53.4 Å². The van der Waals surface area contributed by atoms with Crippen LogP contribution in [-0.4, -0.2) is 19.7 Å². The van der Waals surface area contributed by atoms with Gasteiger partial charge in [0.05, 0.1) is 15.5 Å². The lowest BCUT2D eigenvalue weighted by Gasteiger charge is -2.08. The molecule has 0 unspecified atom stereocenters. The molecule has 3 rings (SSSR count). The Morgan fingerprint density at radius 1 is 1.04 bits per heavy atom. The summed E-state index contributed by atoms with van der Waals surface area (Å²) in [6.07, 6.45) is -1.74. The van der Waals surface area contributed by atoms with Crippen molar-refractivity contribution in [3.8, 4) is 21.7 Å². The van der Waals surface area contributed by atoms with E-state index in [-0.39, 0.29) is 16.2 Å². The van der Waals surface area contributed by atoms with Gasteiger partial charge in [-0.05, 0) is 23.8 Å². The van der Waals surface area contributed by atoms with Crippen molar-refractivity contribution in [2.75, 3.05) is 6.26 Å². The molecule has 0 aliphatic rings. The largest absolute Gasteiger partial charge is 0.289 e. The third-order valence-corrected chi connectivity index (χ3v) is 5.75. The SMILES string of the molecule is CS(=O)(=O)c1ccccc1-c1nc(C(F)F)sc1-c1ccc(F)cc1. The number of halogens is 3. The summed E-state index contributed by atoms with van der Waals surface area (Å²) < 4.78 is 63.6. The number of nitrogens with zero attached hydrogens (tertiary/aromatic N) is 1. The van der Waals surface area contributed by atoms with E-state index in [2.05, 4.69) is 4.98 Å². The Bertz CT molecular complexity index is 1010. The number of hydrogen-bond donors (Lipinski definition) is 0. The normalized spacial score (nSPS) is 11.9. The lowest BCUT2D eigenvalue weighted by Crippen LogP contribution is -2.00. The van der Waals surface area contributed by atoms with Gasteiger partial charge in [-0.1, -0.05) is 30.3 Å². The summed E-state index contributed by atoms with van der Waals surface area (Å²) in [5.41, 5.74) is 0.879. The molecule has 130 valence electrons. The molecular weight excluding hydrogens is 371 g/mol. The van der Waals surface area contributed by atoms with Crippen molar-refractivity contribution >= 4 is 21.2 Å². The highest BCUT2D eigenvalue weighted by atomic mass is 32.2. The van der Waals surface area contributed by atoms with Gasteiger partial charge in [0.25, 0.3) is 6.43 Å². The molecule has 0 spiro atoms. The van der Waals surface area contributed by atoms with Crippen molar-refractivity contribution in [1.82, 2.24) is 4.98 Å². The number of alkyl halides is 2. The zero-order valence-corrected chi connectivity index (χ0v) is 14.5. The summed E-state index contributed by atoms with van der Waals surface area (Å²) in [4.78, 5) is 4.33. The first kappa shape index (κ1) is 17.6. The highest BCUT2D eigenvalue weighted by molar-refractivity contribution is 7.90. The van der Waals surface area contributed by atoms with Crippen LogP contribution in [-0.2, 0) is 9.84 Å².